The molecule has 0 amide bonds. The number of nitrogens with zero attached hydrogens (tertiary/aromatic N) is 1. The Hall–Kier alpha value is -2.26. The van der Waals surface area contributed by atoms with Gasteiger partial charge in [-0.25, -0.2) is 0 Å². The minimum Gasteiger partial charge on any atom is -0.497 e. The third kappa shape index (κ3) is 2.72. The molecule has 0 unspecified atom stereocenters. The van der Waals surface area contributed by atoms with Gasteiger partial charge in [0.1, 0.15) is 5.75 Å². The molecule has 0 fully saturated rings. The highest BCUT2D eigenvalue weighted by Gasteiger charge is 2.23. The highest BCUT2D eigenvalue weighted by molar-refractivity contribution is 5.83. The summed E-state index contributed by atoms with van der Waals surface area (Å²) in [6.07, 6.45) is 0. The molecular weight excluding hydrogens is 274 g/mol. The summed E-state index contributed by atoms with van der Waals surface area (Å²) in [4.78, 5) is 0. The monoisotopic (exact) mass is 295 g/mol. The lowest BCUT2D eigenvalue weighted by Crippen LogP contribution is -2.21. The van der Waals surface area contributed by atoms with E-state index in [1.807, 2.05) is 50.2 Å². The number of hydrogen-bond donors (Lipinski definition) is 1. The topological polar surface area (TPSA) is 34.4 Å². The van der Waals surface area contributed by atoms with Crippen LogP contribution < -0.4 is 4.74 Å². The number of aromatic nitrogens is 1. The van der Waals surface area contributed by atoms with E-state index in [0.717, 1.165) is 28.9 Å². The third-order valence-electron chi connectivity index (χ3n) is 3.92. The molecule has 114 valence electrons. The maximum absolute atomic E-state index is 10.5. The van der Waals surface area contributed by atoms with E-state index in [2.05, 4.69) is 22.8 Å². The lowest BCUT2D eigenvalue weighted by Gasteiger charge is -2.21. The van der Waals surface area contributed by atoms with E-state index in [1.54, 1.807) is 7.11 Å². The number of aliphatic hydroxyl groups is 1. The number of rotatable bonds is 4. The normalized spacial score (nSPS) is 11.8. The van der Waals surface area contributed by atoms with Gasteiger partial charge in [0.25, 0.3) is 0 Å². The van der Waals surface area contributed by atoms with Crippen molar-refractivity contribution in [2.45, 2.75) is 26.0 Å². The molecule has 1 aromatic heterocycles. The maximum atomic E-state index is 10.5. The molecule has 1 heterocycles. The molecule has 0 saturated carbocycles. The number of ether oxygens (including phenoxy) is 1. The van der Waals surface area contributed by atoms with Crippen LogP contribution in [-0.2, 0) is 12.1 Å². The number of benzene rings is 2. The van der Waals surface area contributed by atoms with Gasteiger partial charge in [-0.1, -0.05) is 30.3 Å². The van der Waals surface area contributed by atoms with Gasteiger partial charge in [-0.2, -0.15) is 0 Å². The summed E-state index contributed by atoms with van der Waals surface area (Å²) >= 11 is 0. The Morgan fingerprint density at radius 3 is 2.41 bits per heavy atom. The summed E-state index contributed by atoms with van der Waals surface area (Å²) in [6, 6.07) is 18.3. The van der Waals surface area contributed by atoms with E-state index in [0.29, 0.717) is 0 Å². The molecule has 0 aliphatic rings. The largest absolute Gasteiger partial charge is 0.497 e. The summed E-state index contributed by atoms with van der Waals surface area (Å²) < 4.78 is 7.51. The maximum Gasteiger partial charge on any atom is 0.120 e. The van der Waals surface area contributed by atoms with Crippen LogP contribution in [0.5, 0.6) is 5.75 Å². The predicted molar refractivity (Wildman–Crippen MR) is 89.3 cm³/mol. The lowest BCUT2D eigenvalue weighted by molar-refractivity contribution is 0.0706. The second kappa shape index (κ2) is 5.50. The predicted octanol–water partition coefficient (Wildman–Crippen LogP) is 3.93. The fourth-order valence-corrected chi connectivity index (χ4v) is 2.80. The first-order valence-corrected chi connectivity index (χ1v) is 7.43. The van der Waals surface area contributed by atoms with Gasteiger partial charge in [-0.15, -0.1) is 0 Å². The van der Waals surface area contributed by atoms with Gasteiger partial charge in [0.2, 0.25) is 0 Å². The smallest absolute Gasteiger partial charge is 0.120 e. The molecular formula is C19H21NO2. The van der Waals surface area contributed by atoms with E-state index < -0.39 is 5.60 Å². The van der Waals surface area contributed by atoms with Gasteiger partial charge in [0, 0.05) is 18.0 Å². The van der Waals surface area contributed by atoms with Crippen LogP contribution >= 0.6 is 0 Å². The van der Waals surface area contributed by atoms with Crippen molar-refractivity contribution in [2.24, 2.45) is 0 Å². The average molecular weight is 295 g/mol. The summed E-state index contributed by atoms with van der Waals surface area (Å²) in [5, 5.41) is 11.6. The number of hydrogen-bond acceptors (Lipinski definition) is 2. The molecule has 2 aromatic carbocycles. The molecule has 3 heteroatoms. The molecule has 3 nitrogen and oxygen atoms in total. The molecule has 0 bridgehead atoms. The molecule has 3 rings (SSSR count). The van der Waals surface area contributed by atoms with Crippen LogP contribution in [0, 0.1) is 0 Å². The molecule has 0 spiro atoms. The summed E-state index contributed by atoms with van der Waals surface area (Å²) in [6.45, 7) is 4.36. The van der Waals surface area contributed by atoms with Crippen LogP contribution in [0.2, 0.25) is 0 Å². The summed E-state index contributed by atoms with van der Waals surface area (Å²) in [5.41, 5.74) is 2.27. The zero-order chi connectivity index (χ0) is 15.7. The molecule has 0 radical (unpaired) electrons. The van der Waals surface area contributed by atoms with Crippen LogP contribution in [0.3, 0.4) is 0 Å². The van der Waals surface area contributed by atoms with Crippen LogP contribution in [0.15, 0.2) is 54.6 Å². The molecule has 0 atom stereocenters. The Morgan fingerprint density at radius 2 is 1.77 bits per heavy atom. The second-order valence-electron chi connectivity index (χ2n) is 6.09. The van der Waals surface area contributed by atoms with E-state index >= 15 is 0 Å². The van der Waals surface area contributed by atoms with E-state index in [4.69, 9.17) is 4.74 Å². The minimum atomic E-state index is -0.902. The lowest BCUT2D eigenvalue weighted by atomic mass is 10.1. The van der Waals surface area contributed by atoms with Gasteiger partial charge in [-0.3, -0.25) is 0 Å². The average Bonchev–Trinajstić information content (AvgIpc) is 2.86. The first-order valence-electron chi connectivity index (χ1n) is 7.43. The molecule has 0 aliphatic heterocycles. The molecule has 1 N–H and O–H groups in total. The molecule has 22 heavy (non-hydrogen) atoms. The van der Waals surface area contributed by atoms with Gasteiger partial charge < -0.3 is 14.4 Å². The van der Waals surface area contributed by atoms with Crippen molar-refractivity contribution in [2.75, 3.05) is 7.11 Å². The number of methoxy groups -OCH3 is 1. The first-order chi connectivity index (χ1) is 10.5. The molecule has 0 saturated heterocycles. The Morgan fingerprint density at radius 1 is 1.05 bits per heavy atom. The van der Waals surface area contributed by atoms with Crippen molar-refractivity contribution in [1.82, 2.24) is 4.57 Å². The fraction of sp³-hybridized carbons (Fsp3) is 0.263. The van der Waals surface area contributed by atoms with Gasteiger partial charge in [0.15, 0.2) is 0 Å². The zero-order valence-corrected chi connectivity index (χ0v) is 13.2. The van der Waals surface area contributed by atoms with Gasteiger partial charge in [-0.05, 0) is 37.6 Å². The SMILES string of the molecule is COc1ccc2cc(C(C)(C)O)n(Cc3ccccc3)c2c1. The molecule has 3 aromatic rings. The van der Waals surface area contributed by atoms with Crippen molar-refractivity contribution in [1.29, 1.82) is 0 Å². The molecule has 0 aliphatic carbocycles. The highest BCUT2D eigenvalue weighted by Crippen LogP contribution is 2.31. The Bertz CT molecular complexity index is 782. The van der Waals surface area contributed by atoms with Gasteiger partial charge >= 0.3 is 0 Å². The highest BCUT2D eigenvalue weighted by atomic mass is 16.5. The zero-order valence-electron chi connectivity index (χ0n) is 13.2. The van der Waals surface area contributed by atoms with E-state index in [9.17, 15) is 5.11 Å². The Balaban J connectivity index is 2.19. The van der Waals surface area contributed by atoms with Crippen LogP contribution in [-0.4, -0.2) is 16.8 Å². The van der Waals surface area contributed by atoms with Crippen molar-refractivity contribution >= 4 is 10.9 Å². The standard InChI is InChI=1S/C19H21NO2/c1-19(2,21)18-11-15-9-10-16(22-3)12-17(15)20(18)13-14-7-5-4-6-8-14/h4-12,21H,13H2,1-3H3. The van der Waals surface area contributed by atoms with E-state index in [1.165, 1.54) is 5.56 Å². The van der Waals surface area contributed by atoms with Crippen molar-refractivity contribution < 1.29 is 9.84 Å². The quantitative estimate of drug-likeness (QED) is 0.791. The van der Waals surface area contributed by atoms with Crippen molar-refractivity contribution in [3.63, 3.8) is 0 Å². The minimum absolute atomic E-state index is 0.719. The fourth-order valence-electron chi connectivity index (χ4n) is 2.80. The van der Waals surface area contributed by atoms with Crippen LogP contribution in [0.25, 0.3) is 10.9 Å². The summed E-state index contributed by atoms with van der Waals surface area (Å²) in [7, 11) is 1.67. The first kappa shape index (κ1) is 14.7. The Labute approximate surface area is 130 Å². The second-order valence-corrected chi connectivity index (χ2v) is 6.09. The van der Waals surface area contributed by atoms with Gasteiger partial charge in [0.05, 0.1) is 23.9 Å². The summed E-state index contributed by atoms with van der Waals surface area (Å²) in [5.74, 6) is 0.821. The van der Waals surface area contributed by atoms with Crippen molar-refractivity contribution in [3.8, 4) is 5.75 Å². The van der Waals surface area contributed by atoms with E-state index in [-0.39, 0.29) is 0 Å². The van der Waals surface area contributed by atoms with Crippen molar-refractivity contribution in [3.05, 3.63) is 65.9 Å². The van der Waals surface area contributed by atoms with Crippen LogP contribution in [0.4, 0.5) is 0 Å². The van der Waals surface area contributed by atoms with Crippen LogP contribution in [0.1, 0.15) is 25.1 Å². The number of fused-ring (bicyclic) bond motifs is 1. The third-order valence-corrected chi connectivity index (χ3v) is 3.92. The Kier molecular flexibility index (Phi) is 3.67.